The monoisotopic (exact) mass is 139 g/mol. The Kier molecular flexibility index (Phi) is 2.04. The van der Waals surface area contributed by atoms with Crippen molar-refractivity contribution in [1.82, 2.24) is 15.0 Å². The summed E-state index contributed by atoms with van der Waals surface area (Å²) in [5, 5.41) is 7.99. The first-order valence-electron chi connectivity index (χ1n) is 3.68. The average molecular weight is 139 g/mol. The van der Waals surface area contributed by atoms with E-state index in [1.807, 2.05) is 4.68 Å². The molecule has 0 unspecified atom stereocenters. The Labute approximate surface area is 61.1 Å². The molecule has 0 fully saturated rings. The Morgan fingerprint density at radius 1 is 1.40 bits per heavy atom. The van der Waals surface area contributed by atoms with Gasteiger partial charge in [-0.25, -0.2) is 4.68 Å². The van der Waals surface area contributed by atoms with Crippen LogP contribution in [0.4, 0.5) is 0 Å². The Bertz CT molecular complexity index is 193. The topological polar surface area (TPSA) is 30.7 Å². The fraction of sp³-hybridized carbons (Fsp3) is 0.714. The van der Waals surface area contributed by atoms with Gasteiger partial charge in [0.1, 0.15) is 0 Å². The van der Waals surface area contributed by atoms with Crippen molar-refractivity contribution in [2.45, 2.75) is 33.7 Å². The first-order chi connectivity index (χ1) is 4.79. The van der Waals surface area contributed by atoms with Crippen molar-refractivity contribution < 1.29 is 0 Å². The summed E-state index contributed by atoms with van der Waals surface area (Å²) in [6, 6.07) is 0. The zero-order valence-corrected chi connectivity index (χ0v) is 6.76. The summed E-state index contributed by atoms with van der Waals surface area (Å²) in [5.74, 6) is 0. The third-order valence-corrected chi connectivity index (χ3v) is 1.71. The van der Waals surface area contributed by atoms with Crippen molar-refractivity contribution in [1.29, 1.82) is 0 Å². The number of aromatic nitrogens is 3. The molecule has 3 heteroatoms. The maximum absolute atomic E-state index is 4.02. The molecule has 0 saturated carbocycles. The number of rotatable bonds is 2. The first kappa shape index (κ1) is 7.25. The van der Waals surface area contributed by atoms with Crippen LogP contribution >= 0.6 is 0 Å². The Hall–Kier alpha value is -0.860. The van der Waals surface area contributed by atoms with Crippen molar-refractivity contribution in [3.63, 3.8) is 0 Å². The number of aryl methyl sites for hydroxylation is 2. The van der Waals surface area contributed by atoms with Gasteiger partial charge in [-0.3, -0.25) is 0 Å². The second-order valence-corrected chi connectivity index (χ2v) is 2.29. The van der Waals surface area contributed by atoms with Gasteiger partial charge in [-0.15, -0.1) is 5.10 Å². The van der Waals surface area contributed by atoms with Gasteiger partial charge in [0.25, 0.3) is 0 Å². The second kappa shape index (κ2) is 2.82. The standard InChI is InChI=1S/C7H13N3/c1-4-7-6(3)10(5-2)9-8-7/h4-5H2,1-3H3. The summed E-state index contributed by atoms with van der Waals surface area (Å²) in [4.78, 5) is 0. The highest BCUT2D eigenvalue weighted by atomic mass is 15.4. The van der Waals surface area contributed by atoms with E-state index in [9.17, 15) is 0 Å². The predicted molar refractivity (Wildman–Crippen MR) is 39.8 cm³/mol. The van der Waals surface area contributed by atoms with Crippen molar-refractivity contribution >= 4 is 0 Å². The van der Waals surface area contributed by atoms with E-state index in [2.05, 4.69) is 31.1 Å². The number of hydrogen-bond donors (Lipinski definition) is 0. The van der Waals surface area contributed by atoms with E-state index in [1.165, 1.54) is 5.69 Å². The third-order valence-electron chi connectivity index (χ3n) is 1.71. The second-order valence-electron chi connectivity index (χ2n) is 2.29. The van der Waals surface area contributed by atoms with Crippen molar-refractivity contribution in [3.8, 4) is 0 Å². The normalized spacial score (nSPS) is 10.3. The molecule has 0 saturated heterocycles. The van der Waals surface area contributed by atoms with Gasteiger partial charge >= 0.3 is 0 Å². The van der Waals surface area contributed by atoms with Crippen LogP contribution in [-0.2, 0) is 13.0 Å². The number of nitrogens with zero attached hydrogens (tertiary/aromatic N) is 3. The van der Waals surface area contributed by atoms with Crippen LogP contribution in [0.1, 0.15) is 25.2 Å². The van der Waals surface area contributed by atoms with Crippen molar-refractivity contribution in [3.05, 3.63) is 11.4 Å². The van der Waals surface area contributed by atoms with Crippen LogP contribution in [0.3, 0.4) is 0 Å². The van der Waals surface area contributed by atoms with E-state index in [0.29, 0.717) is 0 Å². The Balaban J connectivity index is 2.97. The largest absolute Gasteiger partial charge is 0.250 e. The molecule has 0 amide bonds. The fourth-order valence-electron chi connectivity index (χ4n) is 1.02. The maximum atomic E-state index is 4.02. The molecule has 0 aliphatic rings. The molecular weight excluding hydrogens is 126 g/mol. The van der Waals surface area contributed by atoms with E-state index in [4.69, 9.17) is 0 Å². The molecule has 0 atom stereocenters. The smallest absolute Gasteiger partial charge is 0.0853 e. The zero-order valence-electron chi connectivity index (χ0n) is 6.76. The molecule has 0 spiro atoms. The Morgan fingerprint density at radius 3 is 2.40 bits per heavy atom. The number of hydrogen-bond acceptors (Lipinski definition) is 2. The molecule has 1 aromatic heterocycles. The summed E-state index contributed by atoms with van der Waals surface area (Å²) < 4.78 is 1.92. The van der Waals surface area contributed by atoms with Gasteiger partial charge in [0.2, 0.25) is 0 Å². The van der Waals surface area contributed by atoms with E-state index >= 15 is 0 Å². The van der Waals surface area contributed by atoms with E-state index < -0.39 is 0 Å². The summed E-state index contributed by atoms with van der Waals surface area (Å²) >= 11 is 0. The molecule has 3 nitrogen and oxygen atoms in total. The third kappa shape index (κ3) is 1.03. The molecule has 0 aromatic carbocycles. The molecule has 1 aromatic rings. The minimum absolute atomic E-state index is 0.916. The average Bonchev–Trinajstić information content (AvgIpc) is 2.30. The van der Waals surface area contributed by atoms with Gasteiger partial charge < -0.3 is 0 Å². The molecule has 1 heterocycles. The molecule has 0 radical (unpaired) electrons. The summed E-state index contributed by atoms with van der Waals surface area (Å²) in [6.07, 6.45) is 0.978. The van der Waals surface area contributed by atoms with E-state index in [1.54, 1.807) is 0 Å². The highest BCUT2D eigenvalue weighted by molar-refractivity contribution is 5.06. The van der Waals surface area contributed by atoms with Crippen LogP contribution in [0.25, 0.3) is 0 Å². The molecule has 56 valence electrons. The van der Waals surface area contributed by atoms with E-state index in [-0.39, 0.29) is 0 Å². The molecule has 0 aliphatic heterocycles. The molecule has 0 aliphatic carbocycles. The lowest BCUT2D eigenvalue weighted by Crippen LogP contribution is -1.98. The summed E-state index contributed by atoms with van der Waals surface area (Å²) in [7, 11) is 0. The SMILES string of the molecule is CCc1nnn(CC)c1C. The van der Waals surface area contributed by atoms with Gasteiger partial charge in [-0.1, -0.05) is 12.1 Å². The lowest BCUT2D eigenvalue weighted by molar-refractivity contribution is 0.611. The van der Waals surface area contributed by atoms with Gasteiger partial charge in [0, 0.05) is 6.54 Å². The lowest BCUT2D eigenvalue weighted by atomic mass is 10.3. The minimum atomic E-state index is 0.916. The van der Waals surface area contributed by atoms with Crippen LogP contribution in [0.2, 0.25) is 0 Å². The van der Waals surface area contributed by atoms with Gasteiger partial charge in [-0.2, -0.15) is 0 Å². The van der Waals surface area contributed by atoms with Gasteiger partial charge in [0.15, 0.2) is 0 Å². The summed E-state index contributed by atoms with van der Waals surface area (Å²) in [6.45, 7) is 7.14. The molecular formula is C7H13N3. The lowest BCUT2D eigenvalue weighted by Gasteiger charge is -1.95. The van der Waals surface area contributed by atoms with Crippen LogP contribution in [0.5, 0.6) is 0 Å². The Morgan fingerprint density at radius 2 is 2.10 bits per heavy atom. The van der Waals surface area contributed by atoms with Crippen LogP contribution in [0, 0.1) is 6.92 Å². The molecule has 0 N–H and O–H groups in total. The fourth-order valence-corrected chi connectivity index (χ4v) is 1.02. The molecule has 1 rings (SSSR count). The minimum Gasteiger partial charge on any atom is -0.250 e. The van der Waals surface area contributed by atoms with Crippen molar-refractivity contribution in [2.24, 2.45) is 0 Å². The highest BCUT2D eigenvalue weighted by Gasteiger charge is 2.02. The first-order valence-corrected chi connectivity index (χ1v) is 3.68. The van der Waals surface area contributed by atoms with Crippen LogP contribution < -0.4 is 0 Å². The summed E-state index contributed by atoms with van der Waals surface area (Å²) in [5.41, 5.74) is 2.31. The maximum Gasteiger partial charge on any atom is 0.0853 e. The zero-order chi connectivity index (χ0) is 7.56. The molecule has 10 heavy (non-hydrogen) atoms. The van der Waals surface area contributed by atoms with E-state index in [0.717, 1.165) is 18.7 Å². The highest BCUT2D eigenvalue weighted by Crippen LogP contribution is 2.02. The quantitative estimate of drug-likeness (QED) is 0.615. The van der Waals surface area contributed by atoms with Crippen LogP contribution in [-0.4, -0.2) is 15.0 Å². The van der Waals surface area contributed by atoms with Gasteiger partial charge in [-0.05, 0) is 20.3 Å². The molecule has 0 bridgehead atoms. The van der Waals surface area contributed by atoms with Crippen molar-refractivity contribution in [2.75, 3.05) is 0 Å². The van der Waals surface area contributed by atoms with Gasteiger partial charge in [0.05, 0.1) is 11.4 Å². The van der Waals surface area contributed by atoms with Crippen LogP contribution in [0.15, 0.2) is 0 Å². The predicted octanol–water partition coefficient (Wildman–Crippen LogP) is 1.17.